The number of rotatable bonds is 56. The number of phosphoric acid groups is 1. The molecular formula is C62H111O11P. The molecule has 3 atom stereocenters. The summed E-state index contributed by atoms with van der Waals surface area (Å²) in [5, 5.41) is 9.81. The van der Waals surface area contributed by atoms with Crippen molar-refractivity contribution >= 4 is 25.7 Å². The van der Waals surface area contributed by atoms with Crippen LogP contribution < -0.4 is 0 Å². The van der Waals surface area contributed by atoms with Crippen LogP contribution >= 0.6 is 7.82 Å². The van der Waals surface area contributed by atoms with Crippen molar-refractivity contribution in [3.05, 3.63) is 60.8 Å². The van der Waals surface area contributed by atoms with Gasteiger partial charge >= 0.3 is 25.7 Å². The fraction of sp³-hybridized carbons (Fsp3) is 0.790. The molecular weight excluding hydrogens is 952 g/mol. The van der Waals surface area contributed by atoms with Gasteiger partial charge in [0.25, 0.3) is 0 Å². The topological polar surface area (TPSA) is 155 Å². The van der Waals surface area contributed by atoms with E-state index in [2.05, 4.69) is 81.5 Å². The minimum Gasteiger partial charge on any atom is -0.462 e. The van der Waals surface area contributed by atoms with Gasteiger partial charge in [-0.15, -0.1) is 0 Å². The Morgan fingerprint density at radius 1 is 0.392 bits per heavy atom. The molecule has 0 rings (SSSR count). The van der Waals surface area contributed by atoms with Crippen molar-refractivity contribution < 1.29 is 52.2 Å². The number of ether oxygens (including phenoxy) is 3. The molecule has 0 fully saturated rings. The maximum absolute atomic E-state index is 12.9. The summed E-state index contributed by atoms with van der Waals surface area (Å²) in [6.45, 7) is 4.51. The fourth-order valence-electron chi connectivity index (χ4n) is 8.34. The molecule has 430 valence electrons. The first kappa shape index (κ1) is 71.2. The van der Waals surface area contributed by atoms with E-state index in [1.807, 2.05) is 0 Å². The van der Waals surface area contributed by atoms with Gasteiger partial charge in [0.2, 0.25) is 0 Å². The molecule has 0 spiro atoms. The van der Waals surface area contributed by atoms with E-state index in [4.69, 9.17) is 23.3 Å². The highest BCUT2D eigenvalue weighted by Gasteiger charge is 2.28. The van der Waals surface area contributed by atoms with Gasteiger partial charge in [-0.2, -0.15) is 0 Å². The third-order valence-electron chi connectivity index (χ3n) is 12.9. The minimum absolute atomic E-state index is 0.125. The zero-order valence-corrected chi connectivity index (χ0v) is 48.5. The Balaban J connectivity index is 4.74. The maximum atomic E-state index is 12.9. The first-order valence-corrected chi connectivity index (χ1v) is 31.7. The number of hydrogen-bond donors (Lipinski definition) is 2. The van der Waals surface area contributed by atoms with Gasteiger partial charge in [0.1, 0.15) is 12.7 Å². The molecule has 0 aromatic rings. The lowest BCUT2D eigenvalue weighted by molar-refractivity contribution is -0.161. The van der Waals surface area contributed by atoms with Crippen LogP contribution in [0, 0.1) is 0 Å². The van der Waals surface area contributed by atoms with Crippen molar-refractivity contribution in [2.75, 3.05) is 26.4 Å². The van der Waals surface area contributed by atoms with E-state index < -0.39 is 57.8 Å². The number of carbonyl (C=O) groups is 3. The third kappa shape index (κ3) is 54.0. The Labute approximate surface area is 453 Å². The predicted octanol–water partition coefficient (Wildman–Crippen LogP) is 17.9. The van der Waals surface area contributed by atoms with Crippen molar-refractivity contribution in [3.63, 3.8) is 0 Å². The number of esters is 3. The van der Waals surface area contributed by atoms with E-state index in [9.17, 15) is 28.9 Å². The zero-order valence-electron chi connectivity index (χ0n) is 47.6. The molecule has 0 aliphatic carbocycles. The van der Waals surface area contributed by atoms with E-state index in [0.29, 0.717) is 19.3 Å². The molecule has 3 unspecified atom stereocenters. The van der Waals surface area contributed by atoms with Gasteiger partial charge in [-0.1, -0.05) is 236 Å². The zero-order chi connectivity index (χ0) is 54.1. The lowest BCUT2D eigenvalue weighted by Gasteiger charge is -2.21. The van der Waals surface area contributed by atoms with E-state index >= 15 is 0 Å². The van der Waals surface area contributed by atoms with Crippen LogP contribution in [0.25, 0.3) is 0 Å². The van der Waals surface area contributed by atoms with Crippen molar-refractivity contribution in [1.29, 1.82) is 0 Å². The second kappa shape index (κ2) is 56.4. The molecule has 0 saturated heterocycles. The largest absolute Gasteiger partial charge is 0.472 e. The van der Waals surface area contributed by atoms with Gasteiger partial charge in [0, 0.05) is 19.3 Å². The van der Waals surface area contributed by atoms with Crippen molar-refractivity contribution in [2.24, 2.45) is 0 Å². The summed E-state index contributed by atoms with van der Waals surface area (Å²) >= 11 is 0. The summed E-state index contributed by atoms with van der Waals surface area (Å²) in [5.41, 5.74) is 0. The van der Waals surface area contributed by atoms with Crippen LogP contribution in [0.15, 0.2) is 60.8 Å². The fourth-order valence-corrected chi connectivity index (χ4v) is 9.13. The van der Waals surface area contributed by atoms with Gasteiger partial charge < -0.3 is 24.2 Å². The summed E-state index contributed by atoms with van der Waals surface area (Å²) in [5.74, 6) is -1.50. The van der Waals surface area contributed by atoms with Crippen LogP contribution in [0.5, 0.6) is 0 Å². The molecule has 0 heterocycles. The average molecular weight is 1060 g/mol. The minimum atomic E-state index is -4.76. The Hall–Kier alpha value is -2.82. The van der Waals surface area contributed by atoms with Crippen LogP contribution in [-0.2, 0) is 42.2 Å². The first-order valence-electron chi connectivity index (χ1n) is 30.2. The van der Waals surface area contributed by atoms with Crippen LogP contribution in [0.4, 0.5) is 0 Å². The molecule has 0 saturated carbocycles. The highest BCUT2D eigenvalue weighted by molar-refractivity contribution is 7.47. The molecule has 0 aromatic heterocycles. The van der Waals surface area contributed by atoms with Gasteiger partial charge in [-0.05, 0) is 83.5 Å². The van der Waals surface area contributed by atoms with E-state index in [-0.39, 0.29) is 25.9 Å². The average Bonchev–Trinajstić information content (AvgIpc) is 3.39. The SMILES string of the molecule is CC/C=C\C/C=C\C/C=C\C/C=C\CCCCC(=O)OC(CO)COP(=O)(O)OCC(COC(=O)CCCCCCCCCCCCCCCCC)OC(=O)CCCCCCCCC/C=C\CCCCCCCC. The highest BCUT2D eigenvalue weighted by Crippen LogP contribution is 2.43. The summed E-state index contributed by atoms with van der Waals surface area (Å²) in [6.07, 6.45) is 61.8. The van der Waals surface area contributed by atoms with Crippen LogP contribution in [-0.4, -0.2) is 66.5 Å². The molecule has 2 N–H and O–H groups in total. The molecule has 74 heavy (non-hydrogen) atoms. The smallest absolute Gasteiger partial charge is 0.462 e. The second-order valence-electron chi connectivity index (χ2n) is 20.1. The summed E-state index contributed by atoms with van der Waals surface area (Å²) in [6, 6.07) is 0. The van der Waals surface area contributed by atoms with Crippen LogP contribution in [0.2, 0.25) is 0 Å². The molecule has 0 bridgehead atoms. The number of allylic oxidation sites excluding steroid dienone is 10. The van der Waals surface area contributed by atoms with Crippen LogP contribution in [0.3, 0.4) is 0 Å². The Morgan fingerprint density at radius 3 is 1.12 bits per heavy atom. The van der Waals surface area contributed by atoms with Crippen molar-refractivity contribution in [3.8, 4) is 0 Å². The molecule has 12 heteroatoms. The molecule has 0 radical (unpaired) electrons. The monoisotopic (exact) mass is 1060 g/mol. The number of aliphatic hydroxyl groups is 1. The Kier molecular flexibility index (Phi) is 54.2. The number of phosphoric ester groups is 1. The van der Waals surface area contributed by atoms with E-state index in [0.717, 1.165) is 83.5 Å². The maximum Gasteiger partial charge on any atom is 0.472 e. The number of carbonyl (C=O) groups excluding carboxylic acids is 3. The van der Waals surface area contributed by atoms with Crippen molar-refractivity contribution in [1.82, 2.24) is 0 Å². The number of hydrogen-bond acceptors (Lipinski definition) is 10. The normalized spacial score (nSPS) is 13.7. The molecule has 0 aromatic carbocycles. The summed E-state index contributed by atoms with van der Waals surface area (Å²) in [4.78, 5) is 48.6. The molecule has 0 amide bonds. The van der Waals surface area contributed by atoms with Gasteiger partial charge in [0.15, 0.2) is 6.10 Å². The van der Waals surface area contributed by atoms with Crippen molar-refractivity contribution in [2.45, 2.75) is 290 Å². The van der Waals surface area contributed by atoms with Crippen LogP contribution in [0.1, 0.15) is 278 Å². The van der Waals surface area contributed by atoms with Gasteiger partial charge in [0.05, 0.1) is 19.8 Å². The van der Waals surface area contributed by atoms with Gasteiger partial charge in [-0.25, -0.2) is 4.57 Å². The molecule has 11 nitrogen and oxygen atoms in total. The van der Waals surface area contributed by atoms with E-state index in [1.54, 1.807) is 0 Å². The quantitative estimate of drug-likeness (QED) is 0.0197. The standard InChI is InChI=1S/C62H111O11P/c1-4-7-10-13-16-19-22-25-28-29-32-35-38-41-44-47-50-53-62(66)73-59(55-69-60(64)51-48-45-42-39-36-33-30-26-23-20-17-14-11-8-5-2)57-71-74(67,68)70-56-58(54-63)72-61(65)52-49-46-43-40-37-34-31-27-24-21-18-15-12-9-6-3/h9,12,18,21,25,27-28,31,37,40,58-59,63H,4-8,10-11,13-17,19-20,22-24,26,29-30,32-36,38-39,41-57H2,1-3H3,(H,67,68)/b12-9-,21-18-,28-25-,31-27-,40-37-. The third-order valence-corrected chi connectivity index (χ3v) is 13.9. The van der Waals surface area contributed by atoms with Gasteiger partial charge in [-0.3, -0.25) is 23.4 Å². The Morgan fingerprint density at radius 2 is 0.703 bits per heavy atom. The lowest BCUT2D eigenvalue weighted by Crippen LogP contribution is -2.30. The number of unbranched alkanes of at least 4 members (excludes halogenated alkanes) is 29. The first-order chi connectivity index (χ1) is 36.2. The summed E-state index contributed by atoms with van der Waals surface area (Å²) in [7, 11) is -4.76. The summed E-state index contributed by atoms with van der Waals surface area (Å²) < 4.78 is 39.5. The second-order valence-corrected chi connectivity index (χ2v) is 21.6. The highest BCUT2D eigenvalue weighted by atomic mass is 31.2. The Bertz CT molecular complexity index is 1470. The van der Waals surface area contributed by atoms with E-state index in [1.165, 1.54) is 135 Å². The molecule has 0 aliphatic heterocycles. The number of aliphatic hydroxyl groups excluding tert-OH is 1. The lowest BCUT2D eigenvalue weighted by atomic mass is 10.0. The molecule has 0 aliphatic rings. The predicted molar refractivity (Wildman–Crippen MR) is 307 cm³/mol.